The summed E-state index contributed by atoms with van der Waals surface area (Å²) in [5.74, 6) is 0. The van der Waals surface area contributed by atoms with E-state index >= 15 is 0 Å². The lowest BCUT2D eigenvalue weighted by Crippen LogP contribution is -2.10. The van der Waals surface area contributed by atoms with Crippen LogP contribution in [0.4, 0.5) is 0 Å². The molecule has 0 radical (unpaired) electrons. The van der Waals surface area contributed by atoms with Gasteiger partial charge in [-0.05, 0) is 25.0 Å². The molecule has 66 valence electrons. The molecule has 0 rings (SSSR count). The van der Waals surface area contributed by atoms with E-state index < -0.39 is 0 Å². The van der Waals surface area contributed by atoms with E-state index in [1.165, 1.54) is 12.8 Å². The lowest BCUT2D eigenvalue weighted by molar-refractivity contribution is 0.430. The summed E-state index contributed by atoms with van der Waals surface area (Å²) < 4.78 is 0. The summed E-state index contributed by atoms with van der Waals surface area (Å²) >= 11 is 0. The van der Waals surface area contributed by atoms with Gasteiger partial charge >= 0.3 is 0 Å². The van der Waals surface area contributed by atoms with Crippen LogP contribution in [-0.2, 0) is 0 Å². The topological polar surface area (TPSA) is 12.0 Å². The summed E-state index contributed by atoms with van der Waals surface area (Å²) in [5, 5.41) is 3.18. The third-order valence-corrected chi connectivity index (χ3v) is 1.75. The van der Waals surface area contributed by atoms with Crippen molar-refractivity contribution in [3.05, 3.63) is 12.3 Å². The molecular formula is C10H21N. The number of hydrogen-bond donors (Lipinski definition) is 1. The van der Waals surface area contributed by atoms with E-state index in [-0.39, 0.29) is 0 Å². The fourth-order valence-corrected chi connectivity index (χ4v) is 1.13. The second-order valence-electron chi connectivity index (χ2n) is 3.63. The highest BCUT2D eigenvalue weighted by atomic mass is 14.8. The van der Waals surface area contributed by atoms with E-state index in [0.717, 1.165) is 6.54 Å². The molecule has 0 saturated carbocycles. The number of nitrogens with one attached hydrogen (secondary N) is 1. The highest BCUT2D eigenvalue weighted by Gasteiger charge is 2.10. The predicted octanol–water partition coefficient (Wildman–Crippen LogP) is 2.94. The maximum Gasteiger partial charge on any atom is 0.0112 e. The van der Waals surface area contributed by atoms with Crippen LogP contribution in [0.25, 0.3) is 0 Å². The monoisotopic (exact) mass is 155 g/mol. The zero-order valence-corrected chi connectivity index (χ0v) is 8.28. The molecular weight excluding hydrogens is 134 g/mol. The quantitative estimate of drug-likeness (QED) is 0.643. The lowest BCUT2D eigenvalue weighted by Gasteiger charge is -2.18. The molecule has 0 aromatic heterocycles. The zero-order valence-electron chi connectivity index (χ0n) is 8.28. The van der Waals surface area contributed by atoms with Crippen LogP contribution in [-0.4, -0.2) is 6.54 Å². The summed E-state index contributed by atoms with van der Waals surface area (Å²) in [4.78, 5) is 0. The Morgan fingerprint density at radius 1 is 1.27 bits per heavy atom. The minimum Gasteiger partial charge on any atom is -0.391 e. The maximum atomic E-state index is 3.18. The summed E-state index contributed by atoms with van der Waals surface area (Å²) in [7, 11) is 0. The number of allylic oxidation sites excluding steroid dienone is 1. The van der Waals surface area contributed by atoms with Crippen molar-refractivity contribution in [2.75, 3.05) is 6.54 Å². The van der Waals surface area contributed by atoms with E-state index in [2.05, 4.69) is 45.3 Å². The van der Waals surface area contributed by atoms with Crippen LogP contribution in [0, 0.1) is 5.41 Å². The van der Waals surface area contributed by atoms with Gasteiger partial charge in [0.05, 0.1) is 0 Å². The lowest BCUT2D eigenvalue weighted by atomic mass is 9.88. The van der Waals surface area contributed by atoms with Crippen molar-refractivity contribution in [3.8, 4) is 0 Å². The molecule has 0 aliphatic heterocycles. The summed E-state index contributed by atoms with van der Waals surface area (Å²) in [6.07, 6.45) is 6.83. The van der Waals surface area contributed by atoms with E-state index in [1.807, 2.05) is 0 Å². The fourth-order valence-electron chi connectivity index (χ4n) is 1.13. The highest BCUT2D eigenvalue weighted by molar-refractivity contribution is 4.92. The SMILES string of the molecule is CCCC(C)(C)/C=C/NCC. The van der Waals surface area contributed by atoms with Gasteiger partial charge in [0.25, 0.3) is 0 Å². The van der Waals surface area contributed by atoms with Crippen molar-refractivity contribution in [2.24, 2.45) is 5.41 Å². The van der Waals surface area contributed by atoms with Crippen LogP contribution >= 0.6 is 0 Å². The maximum absolute atomic E-state index is 3.18. The average molecular weight is 155 g/mol. The Kier molecular flexibility index (Phi) is 5.01. The van der Waals surface area contributed by atoms with Crippen LogP contribution in [0.5, 0.6) is 0 Å². The van der Waals surface area contributed by atoms with Crippen molar-refractivity contribution in [3.63, 3.8) is 0 Å². The van der Waals surface area contributed by atoms with Crippen molar-refractivity contribution in [1.82, 2.24) is 5.32 Å². The van der Waals surface area contributed by atoms with Gasteiger partial charge in [-0.2, -0.15) is 0 Å². The molecule has 0 spiro atoms. The second-order valence-corrected chi connectivity index (χ2v) is 3.63. The van der Waals surface area contributed by atoms with Crippen molar-refractivity contribution in [1.29, 1.82) is 0 Å². The van der Waals surface area contributed by atoms with E-state index in [4.69, 9.17) is 0 Å². The Labute approximate surface area is 70.9 Å². The van der Waals surface area contributed by atoms with E-state index in [0.29, 0.717) is 5.41 Å². The Balaban J connectivity index is 3.69. The summed E-state index contributed by atoms with van der Waals surface area (Å²) in [6.45, 7) is 9.88. The Morgan fingerprint density at radius 3 is 2.36 bits per heavy atom. The first-order valence-corrected chi connectivity index (χ1v) is 4.53. The smallest absolute Gasteiger partial charge is 0.0112 e. The number of rotatable bonds is 5. The van der Waals surface area contributed by atoms with Crippen LogP contribution in [0.1, 0.15) is 40.5 Å². The standard InChI is InChI=1S/C10H21N/c1-5-7-10(3,4)8-9-11-6-2/h8-9,11H,5-7H2,1-4H3/b9-8+. The fraction of sp³-hybridized carbons (Fsp3) is 0.800. The van der Waals surface area contributed by atoms with Crippen molar-refractivity contribution in [2.45, 2.75) is 40.5 Å². The zero-order chi connectivity index (χ0) is 8.74. The minimum atomic E-state index is 0.358. The Morgan fingerprint density at radius 2 is 1.91 bits per heavy atom. The van der Waals surface area contributed by atoms with Gasteiger partial charge in [0.1, 0.15) is 0 Å². The molecule has 1 heteroatoms. The Hall–Kier alpha value is -0.460. The first-order chi connectivity index (χ1) is 5.12. The largest absolute Gasteiger partial charge is 0.391 e. The molecule has 0 fully saturated rings. The molecule has 0 saturated heterocycles. The van der Waals surface area contributed by atoms with Crippen molar-refractivity contribution >= 4 is 0 Å². The molecule has 1 N–H and O–H groups in total. The van der Waals surface area contributed by atoms with E-state index in [9.17, 15) is 0 Å². The third kappa shape index (κ3) is 5.96. The van der Waals surface area contributed by atoms with Gasteiger partial charge in [0.2, 0.25) is 0 Å². The molecule has 0 aromatic rings. The summed E-state index contributed by atoms with van der Waals surface area (Å²) in [5.41, 5.74) is 0.358. The molecule has 11 heavy (non-hydrogen) atoms. The molecule has 0 unspecified atom stereocenters. The molecule has 1 nitrogen and oxygen atoms in total. The first-order valence-electron chi connectivity index (χ1n) is 4.53. The van der Waals surface area contributed by atoms with E-state index in [1.54, 1.807) is 0 Å². The summed E-state index contributed by atoms with van der Waals surface area (Å²) in [6, 6.07) is 0. The molecule has 0 bridgehead atoms. The van der Waals surface area contributed by atoms with Gasteiger partial charge in [-0.3, -0.25) is 0 Å². The van der Waals surface area contributed by atoms with Gasteiger partial charge < -0.3 is 5.32 Å². The van der Waals surface area contributed by atoms with Gasteiger partial charge in [-0.25, -0.2) is 0 Å². The molecule has 0 atom stereocenters. The van der Waals surface area contributed by atoms with Crippen LogP contribution in [0.15, 0.2) is 12.3 Å². The van der Waals surface area contributed by atoms with Gasteiger partial charge in [0.15, 0.2) is 0 Å². The second kappa shape index (κ2) is 5.22. The van der Waals surface area contributed by atoms with Crippen molar-refractivity contribution < 1.29 is 0 Å². The molecule has 0 amide bonds. The van der Waals surface area contributed by atoms with Crippen LogP contribution in [0.3, 0.4) is 0 Å². The molecule has 0 heterocycles. The van der Waals surface area contributed by atoms with Crippen LogP contribution < -0.4 is 5.32 Å². The van der Waals surface area contributed by atoms with Gasteiger partial charge in [-0.1, -0.05) is 33.3 Å². The minimum absolute atomic E-state index is 0.358. The number of hydrogen-bond acceptors (Lipinski definition) is 1. The molecule has 0 aliphatic carbocycles. The predicted molar refractivity (Wildman–Crippen MR) is 51.5 cm³/mol. The van der Waals surface area contributed by atoms with Gasteiger partial charge in [-0.15, -0.1) is 0 Å². The third-order valence-electron chi connectivity index (χ3n) is 1.75. The molecule has 0 aromatic carbocycles. The average Bonchev–Trinajstić information content (AvgIpc) is 1.87. The van der Waals surface area contributed by atoms with Gasteiger partial charge in [0, 0.05) is 6.54 Å². The molecule has 0 aliphatic rings. The Bertz CT molecular complexity index is 114. The van der Waals surface area contributed by atoms with Crippen LogP contribution in [0.2, 0.25) is 0 Å². The normalized spacial score (nSPS) is 12.4. The first kappa shape index (κ1) is 10.5. The highest BCUT2D eigenvalue weighted by Crippen LogP contribution is 2.22.